The highest BCUT2D eigenvalue weighted by atomic mass is 79.9. The van der Waals surface area contributed by atoms with Crippen molar-refractivity contribution in [2.75, 3.05) is 5.73 Å². The van der Waals surface area contributed by atoms with Gasteiger partial charge in [-0.25, -0.2) is 9.37 Å². The second kappa shape index (κ2) is 5.07. The standard InChI is InChI=1S/C11H8BrClFN3O/c12-7-2-1-6(8(14)3-7)4-17-5-16-10(13)9(15)11(17)18/h1-3,5H,4,15H2. The Kier molecular flexibility index (Phi) is 3.68. The number of aromatic nitrogens is 2. The highest BCUT2D eigenvalue weighted by Crippen LogP contribution is 2.16. The quantitative estimate of drug-likeness (QED) is 0.859. The van der Waals surface area contributed by atoms with Crippen molar-refractivity contribution >= 4 is 33.2 Å². The molecule has 1 aromatic carbocycles. The summed E-state index contributed by atoms with van der Waals surface area (Å²) < 4.78 is 15.5. The average Bonchev–Trinajstić information content (AvgIpc) is 2.33. The normalized spacial score (nSPS) is 10.6. The highest BCUT2D eigenvalue weighted by Gasteiger charge is 2.09. The summed E-state index contributed by atoms with van der Waals surface area (Å²) in [5.41, 5.74) is 5.20. The minimum atomic E-state index is -0.489. The summed E-state index contributed by atoms with van der Waals surface area (Å²) in [6, 6.07) is 4.60. The van der Waals surface area contributed by atoms with Crippen molar-refractivity contribution in [3.63, 3.8) is 0 Å². The Bertz CT molecular complexity index is 659. The molecule has 2 N–H and O–H groups in total. The lowest BCUT2D eigenvalue weighted by atomic mass is 10.2. The number of nitrogen functional groups attached to an aromatic ring is 1. The molecule has 0 bridgehead atoms. The summed E-state index contributed by atoms with van der Waals surface area (Å²) in [5, 5.41) is -0.0486. The van der Waals surface area contributed by atoms with Crippen molar-refractivity contribution in [1.82, 2.24) is 9.55 Å². The van der Waals surface area contributed by atoms with Gasteiger partial charge in [-0.3, -0.25) is 9.36 Å². The van der Waals surface area contributed by atoms with Crippen molar-refractivity contribution in [2.24, 2.45) is 0 Å². The first-order valence-corrected chi connectivity index (χ1v) is 6.10. The van der Waals surface area contributed by atoms with Crippen LogP contribution < -0.4 is 11.3 Å². The molecular weight excluding hydrogens is 324 g/mol. The summed E-state index contributed by atoms with van der Waals surface area (Å²) in [4.78, 5) is 15.5. The van der Waals surface area contributed by atoms with Crippen LogP contribution in [0.2, 0.25) is 5.15 Å². The number of halogens is 3. The van der Waals surface area contributed by atoms with Gasteiger partial charge in [0.1, 0.15) is 11.5 Å². The molecule has 0 saturated carbocycles. The van der Waals surface area contributed by atoms with Gasteiger partial charge in [0, 0.05) is 10.0 Å². The van der Waals surface area contributed by atoms with E-state index in [9.17, 15) is 9.18 Å². The smallest absolute Gasteiger partial charge is 0.278 e. The first-order valence-electron chi connectivity index (χ1n) is 4.93. The van der Waals surface area contributed by atoms with Crippen LogP contribution in [-0.2, 0) is 6.54 Å². The molecule has 0 spiro atoms. The predicted molar refractivity (Wildman–Crippen MR) is 71.1 cm³/mol. The van der Waals surface area contributed by atoms with Gasteiger partial charge in [0.05, 0.1) is 12.9 Å². The van der Waals surface area contributed by atoms with Gasteiger partial charge < -0.3 is 5.73 Å². The molecule has 2 aromatic rings. The van der Waals surface area contributed by atoms with Crippen molar-refractivity contribution in [3.05, 3.63) is 55.9 Å². The molecule has 0 aliphatic heterocycles. The number of rotatable bonds is 2. The van der Waals surface area contributed by atoms with Gasteiger partial charge in [-0.15, -0.1) is 0 Å². The second-order valence-corrected chi connectivity index (χ2v) is 4.89. The zero-order valence-corrected chi connectivity index (χ0v) is 11.4. The van der Waals surface area contributed by atoms with Crippen molar-refractivity contribution in [3.8, 4) is 0 Å². The molecule has 18 heavy (non-hydrogen) atoms. The van der Waals surface area contributed by atoms with Crippen LogP contribution in [0.5, 0.6) is 0 Å². The summed E-state index contributed by atoms with van der Waals surface area (Å²) in [6.45, 7) is 0.0479. The van der Waals surface area contributed by atoms with Gasteiger partial charge in [0.25, 0.3) is 5.56 Å². The third-order valence-corrected chi connectivity index (χ3v) is 3.17. The number of nitrogens with two attached hydrogens (primary N) is 1. The lowest BCUT2D eigenvalue weighted by Crippen LogP contribution is -2.24. The van der Waals surface area contributed by atoms with E-state index >= 15 is 0 Å². The van der Waals surface area contributed by atoms with Gasteiger partial charge >= 0.3 is 0 Å². The van der Waals surface area contributed by atoms with Gasteiger partial charge in [-0.2, -0.15) is 0 Å². The lowest BCUT2D eigenvalue weighted by Gasteiger charge is -2.08. The third kappa shape index (κ3) is 2.54. The first-order chi connectivity index (χ1) is 8.49. The van der Waals surface area contributed by atoms with Gasteiger partial charge in [0.2, 0.25) is 0 Å². The first kappa shape index (κ1) is 13.0. The summed E-state index contributed by atoms with van der Waals surface area (Å²) >= 11 is 8.77. The van der Waals surface area contributed by atoms with Crippen molar-refractivity contribution in [1.29, 1.82) is 0 Å². The van der Waals surface area contributed by atoms with Gasteiger partial charge in [0.15, 0.2) is 5.15 Å². The minimum absolute atomic E-state index is 0.0479. The maximum absolute atomic E-state index is 13.6. The van der Waals surface area contributed by atoms with Crippen LogP contribution in [0.15, 0.2) is 33.8 Å². The highest BCUT2D eigenvalue weighted by molar-refractivity contribution is 9.10. The Morgan fingerprint density at radius 2 is 2.22 bits per heavy atom. The summed E-state index contributed by atoms with van der Waals surface area (Å²) in [6.07, 6.45) is 1.24. The number of nitrogens with zero attached hydrogens (tertiary/aromatic N) is 2. The topological polar surface area (TPSA) is 60.9 Å². The molecule has 0 aliphatic carbocycles. The minimum Gasteiger partial charge on any atom is -0.392 e. The fraction of sp³-hybridized carbons (Fsp3) is 0.0909. The molecule has 1 aromatic heterocycles. The van der Waals surface area contributed by atoms with Crippen molar-refractivity contribution < 1.29 is 4.39 Å². The van der Waals surface area contributed by atoms with Gasteiger partial charge in [-0.05, 0) is 12.1 Å². The van der Waals surface area contributed by atoms with E-state index in [-0.39, 0.29) is 17.4 Å². The number of benzene rings is 1. The lowest BCUT2D eigenvalue weighted by molar-refractivity contribution is 0.593. The summed E-state index contributed by atoms with van der Waals surface area (Å²) in [7, 11) is 0. The number of hydrogen-bond donors (Lipinski definition) is 1. The molecule has 7 heteroatoms. The molecular formula is C11H8BrClFN3O. The Balaban J connectivity index is 2.41. The van der Waals surface area contributed by atoms with E-state index in [4.69, 9.17) is 17.3 Å². The molecule has 0 saturated heterocycles. The predicted octanol–water partition coefficient (Wildman–Crippen LogP) is 2.43. The Labute approximate surface area is 115 Å². The largest absolute Gasteiger partial charge is 0.392 e. The molecule has 0 aliphatic rings. The molecule has 0 atom stereocenters. The van der Waals surface area contributed by atoms with E-state index in [2.05, 4.69) is 20.9 Å². The van der Waals surface area contributed by atoms with E-state index in [0.29, 0.717) is 10.0 Å². The molecule has 0 unspecified atom stereocenters. The van der Waals surface area contributed by atoms with E-state index < -0.39 is 11.4 Å². The van der Waals surface area contributed by atoms with Crippen LogP contribution >= 0.6 is 27.5 Å². The Hall–Kier alpha value is -1.40. The maximum atomic E-state index is 13.6. The van der Waals surface area contributed by atoms with Crippen molar-refractivity contribution in [2.45, 2.75) is 6.54 Å². The molecule has 0 fully saturated rings. The number of anilines is 1. The molecule has 2 rings (SSSR count). The second-order valence-electron chi connectivity index (χ2n) is 3.62. The maximum Gasteiger partial charge on any atom is 0.278 e. The molecule has 0 radical (unpaired) electrons. The van der Waals surface area contributed by atoms with Crippen LogP contribution in [0.4, 0.5) is 10.1 Å². The molecule has 4 nitrogen and oxygen atoms in total. The van der Waals surface area contributed by atoms with Crippen LogP contribution in [0.25, 0.3) is 0 Å². The van der Waals surface area contributed by atoms with E-state index in [1.165, 1.54) is 17.0 Å². The fourth-order valence-electron chi connectivity index (χ4n) is 1.43. The number of hydrogen-bond acceptors (Lipinski definition) is 3. The van der Waals surface area contributed by atoms with E-state index in [0.717, 1.165) is 0 Å². The van der Waals surface area contributed by atoms with Gasteiger partial charge in [-0.1, -0.05) is 33.6 Å². The SMILES string of the molecule is Nc1c(Cl)ncn(Cc2ccc(Br)cc2F)c1=O. The van der Waals surface area contributed by atoms with Crippen LogP contribution in [0, 0.1) is 5.82 Å². The monoisotopic (exact) mass is 331 g/mol. The Morgan fingerprint density at radius 3 is 2.89 bits per heavy atom. The average molecular weight is 333 g/mol. The third-order valence-electron chi connectivity index (χ3n) is 2.38. The zero-order chi connectivity index (χ0) is 13.3. The molecule has 94 valence electrons. The summed E-state index contributed by atoms with van der Waals surface area (Å²) in [5.74, 6) is -0.412. The van der Waals surface area contributed by atoms with E-state index in [1.54, 1.807) is 12.1 Å². The van der Waals surface area contributed by atoms with Crippen LogP contribution in [0.1, 0.15) is 5.56 Å². The van der Waals surface area contributed by atoms with Crippen LogP contribution in [-0.4, -0.2) is 9.55 Å². The Morgan fingerprint density at radius 1 is 1.50 bits per heavy atom. The van der Waals surface area contributed by atoms with Crippen LogP contribution in [0.3, 0.4) is 0 Å². The zero-order valence-electron chi connectivity index (χ0n) is 9.03. The fourth-order valence-corrected chi connectivity index (χ4v) is 1.89. The van der Waals surface area contributed by atoms with E-state index in [1.807, 2.05) is 0 Å². The molecule has 0 amide bonds. The molecule has 1 heterocycles.